The van der Waals surface area contributed by atoms with Crippen LogP contribution in [0.2, 0.25) is 0 Å². The van der Waals surface area contributed by atoms with E-state index in [1.165, 1.54) is 0 Å². The summed E-state index contributed by atoms with van der Waals surface area (Å²) in [5, 5.41) is 8.70. The van der Waals surface area contributed by atoms with Gasteiger partial charge in [0.05, 0.1) is 18.6 Å². The van der Waals surface area contributed by atoms with Crippen molar-refractivity contribution in [3.8, 4) is 0 Å². The molecule has 0 radical (unpaired) electrons. The van der Waals surface area contributed by atoms with Gasteiger partial charge in [0.2, 0.25) is 0 Å². The SMILES string of the molecule is O=C1CC(c2ccc(C(=O)O)cc2)CO1. The Balaban J connectivity index is 2.17. The van der Waals surface area contributed by atoms with Gasteiger partial charge in [-0.05, 0) is 17.7 Å². The number of carboxylic acids is 1. The number of cyclic esters (lactones) is 1. The topological polar surface area (TPSA) is 63.6 Å². The van der Waals surface area contributed by atoms with Crippen LogP contribution >= 0.6 is 0 Å². The summed E-state index contributed by atoms with van der Waals surface area (Å²) in [6.07, 6.45) is 0.381. The van der Waals surface area contributed by atoms with Crippen molar-refractivity contribution in [2.75, 3.05) is 6.61 Å². The molecule has 1 fully saturated rings. The van der Waals surface area contributed by atoms with Gasteiger partial charge < -0.3 is 9.84 Å². The minimum absolute atomic E-state index is 0.0698. The highest BCUT2D eigenvalue weighted by molar-refractivity contribution is 5.87. The summed E-state index contributed by atoms with van der Waals surface area (Å²) in [5.74, 6) is -1.07. The monoisotopic (exact) mass is 206 g/mol. The van der Waals surface area contributed by atoms with Crippen molar-refractivity contribution in [3.63, 3.8) is 0 Å². The molecule has 4 nitrogen and oxygen atoms in total. The summed E-state index contributed by atoms with van der Waals surface area (Å²) in [7, 11) is 0. The fourth-order valence-electron chi connectivity index (χ4n) is 1.62. The summed E-state index contributed by atoms with van der Waals surface area (Å²) in [4.78, 5) is 21.5. The molecule has 15 heavy (non-hydrogen) atoms. The highest BCUT2D eigenvalue weighted by Crippen LogP contribution is 2.25. The van der Waals surface area contributed by atoms with Gasteiger partial charge in [0.25, 0.3) is 0 Å². The maximum Gasteiger partial charge on any atom is 0.335 e. The van der Waals surface area contributed by atoms with Crippen LogP contribution in [0.4, 0.5) is 0 Å². The Morgan fingerprint density at radius 1 is 1.33 bits per heavy atom. The van der Waals surface area contributed by atoms with Crippen LogP contribution in [0.3, 0.4) is 0 Å². The van der Waals surface area contributed by atoms with Gasteiger partial charge in [-0.1, -0.05) is 12.1 Å². The van der Waals surface area contributed by atoms with Crippen molar-refractivity contribution in [2.24, 2.45) is 0 Å². The number of carboxylic acid groups (broad SMARTS) is 1. The Labute approximate surface area is 86.5 Å². The van der Waals surface area contributed by atoms with Crippen molar-refractivity contribution in [1.82, 2.24) is 0 Å². The molecule has 78 valence electrons. The normalized spacial score (nSPS) is 20.0. The minimum Gasteiger partial charge on any atom is -0.478 e. The lowest BCUT2D eigenvalue weighted by Crippen LogP contribution is -2.00. The van der Waals surface area contributed by atoms with Gasteiger partial charge in [-0.2, -0.15) is 0 Å². The number of hydrogen-bond acceptors (Lipinski definition) is 3. The first-order chi connectivity index (χ1) is 7.16. The molecule has 0 saturated carbocycles. The quantitative estimate of drug-likeness (QED) is 0.743. The first-order valence-electron chi connectivity index (χ1n) is 4.65. The third-order valence-electron chi connectivity index (χ3n) is 2.49. The van der Waals surface area contributed by atoms with Crippen molar-refractivity contribution < 1.29 is 19.4 Å². The van der Waals surface area contributed by atoms with Crippen molar-refractivity contribution in [3.05, 3.63) is 35.4 Å². The molecule has 1 saturated heterocycles. The molecule has 1 heterocycles. The highest BCUT2D eigenvalue weighted by atomic mass is 16.5. The van der Waals surface area contributed by atoms with Gasteiger partial charge in [0.15, 0.2) is 0 Å². The lowest BCUT2D eigenvalue weighted by molar-refractivity contribution is -0.137. The molecule has 0 amide bonds. The van der Waals surface area contributed by atoms with Crippen LogP contribution in [-0.2, 0) is 9.53 Å². The zero-order valence-corrected chi connectivity index (χ0v) is 7.97. The zero-order valence-electron chi connectivity index (χ0n) is 7.97. The summed E-state index contributed by atoms with van der Waals surface area (Å²) < 4.78 is 4.84. The largest absolute Gasteiger partial charge is 0.478 e. The number of rotatable bonds is 2. The van der Waals surface area contributed by atoms with Gasteiger partial charge in [-0.25, -0.2) is 4.79 Å². The van der Waals surface area contributed by atoms with Crippen LogP contribution in [0.15, 0.2) is 24.3 Å². The number of benzene rings is 1. The van der Waals surface area contributed by atoms with E-state index in [-0.39, 0.29) is 17.5 Å². The molecule has 0 bridgehead atoms. The van der Waals surface area contributed by atoms with E-state index in [0.29, 0.717) is 13.0 Å². The number of carbonyl (C=O) groups is 2. The molecule has 1 aromatic carbocycles. The standard InChI is InChI=1S/C11H10O4/c12-10-5-9(6-15-10)7-1-3-8(4-2-7)11(13)14/h1-4,9H,5-6H2,(H,13,14). The third kappa shape index (κ3) is 1.98. The van der Waals surface area contributed by atoms with Crippen LogP contribution in [-0.4, -0.2) is 23.7 Å². The first kappa shape index (κ1) is 9.71. The number of esters is 1. The smallest absolute Gasteiger partial charge is 0.335 e. The molecule has 0 aromatic heterocycles. The average molecular weight is 206 g/mol. The fourth-order valence-corrected chi connectivity index (χ4v) is 1.62. The van der Waals surface area contributed by atoms with Gasteiger partial charge in [-0.15, -0.1) is 0 Å². The molecule has 1 aliphatic rings. The summed E-state index contributed by atoms with van der Waals surface area (Å²) in [5.41, 5.74) is 1.20. The fraction of sp³-hybridized carbons (Fsp3) is 0.273. The van der Waals surface area contributed by atoms with Crippen LogP contribution in [0.25, 0.3) is 0 Å². The summed E-state index contributed by atoms with van der Waals surface area (Å²) >= 11 is 0. The predicted octanol–water partition coefficient (Wildman–Crippen LogP) is 1.42. The van der Waals surface area contributed by atoms with Gasteiger partial charge in [0.1, 0.15) is 0 Å². The molecule has 1 atom stereocenters. The Hall–Kier alpha value is -1.84. The third-order valence-corrected chi connectivity index (χ3v) is 2.49. The molecule has 1 N–H and O–H groups in total. The van der Waals surface area contributed by atoms with E-state index >= 15 is 0 Å². The minimum atomic E-state index is -0.944. The van der Waals surface area contributed by atoms with E-state index in [9.17, 15) is 9.59 Å². The maximum absolute atomic E-state index is 10.9. The zero-order chi connectivity index (χ0) is 10.8. The lowest BCUT2D eigenvalue weighted by Gasteiger charge is -2.06. The molecule has 1 unspecified atom stereocenters. The lowest BCUT2D eigenvalue weighted by atomic mass is 9.97. The molecular weight excluding hydrogens is 196 g/mol. The number of hydrogen-bond donors (Lipinski definition) is 1. The summed E-state index contributed by atoms with van der Waals surface area (Å²) in [6.45, 7) is 0.394. The van der Waals surface area contributed by atoms with Crippen LogP contribution in [0, 0.1) is 0 Å². The molecular formula is C11H10O4. The van der Waals surface area contributed by atoms with E-state index in [2.05, 4.69) is 0 Å². The maximum atomic E-state index is 10.9. The van der Waals surface area contributed by atoms with Crippen LogP contribution in [0.1, 0.15) is 28.3 Å². The Morgan fingerprint density at radius 3 is 2.47 bits per heavy atom. The average Bonchev–Trinajstić information content (AvgIpc) is 2.65. The molecule has 1 aromatic rings. The van der Waals surface area contributed by atoms with Gasteiger partial charge in [0, 0.05) is 5.92 Å². The van der Waals surface area contributed by atoms with Gasteiger partial charge >= 0.3 is 11.9 Å². The predicted molar refractivity (Wildman–Crippen MR) is 51.7 cm³/mol. The van der Waals surface area contributed by atoms with Gasteiger partial charge in [-0.3, -0.25) is 4.79 Å². The highest BCUT2D eigenvalue weighted by Gasteiger charge is 2.25. The van der Waals surface area contributed by atoms with Crippen molar-refractivity contribution >= 4 is 11.9 Å². The Morgan fingerprint density at radius 2 is 2.00 bits per heavy atom. The Bertz CT molecular complexity index is 394. The number of aromatic carboxylic acids is 1. The van der Waals surface area contributed by atoms with Crippen LogP contribution in [0.5, 0.6) is 0 Å². The van der Waals surface area contributed by atoms with Crippen molar-refractivity contribution in [2.45, 2.75) is 12.3 Å². The van der Waals surface area contributed by atoms with Crippen molar-refractivity contribution in [1.29, 1.82) is 0 Å². The molecule has 1 aliphatic heterocycles. The van der Waals surface area contributed by atoms with E-state index in [1.54, 1.807) is 24.3 Å². The van der Waals surface area contributed by atoms with E-state index in [1.807, 2.05) is 0 Å². The number of ether oxygens (including phenoxy) is 1. The second-order valence-electron chi connectivity index (χ2n) is 3.51. The van der Waals surface area contributed by atoms with Crippen LogP contribution < -0.4 is 0 Å². The van der Waals surface area contributed by atoms with E-state index in [0.717, 1.165) is 5.56 Å². The van der Waals surface area contributed by atoms with E-state index < -0.39 is 5.97 Å². The summed E-state index contributed by atoms with van der Waals surface area (Å²) in [6, 6.07) is 6.55. The Kier molecular flexibility index (Phi) is 2.41. The van der Waals surface area contributed by atoms with E-state index in [4.69, 9.17) is 9.84 Å². The molecule has 0 aliphatic carbocycles. The molecule has 2 rings (SSSR count). The first-order valence-corrected chi connectivity index (χ1v) is 4.65. The molecule has 4 heteroatoms. The second-order valence-corrected chi connectivity index (χ2v) is 3.51. The number of carbonyl (C=O) groups excluding carboxylic acids is 1. The molecule has 0 spiro atoms. The second kappa shape index (κ2) is 3.73.